The minimum atomic E-state index is -0.537. The van der Waals surface area contributed by atoms with Crippen LogP contribution in [0.15, 0.2) is 18.2 Å². The van der Waals surface area contributed by atoms with E-state index in [-0.39, 0.29) is 12.2 Å². The molecule has 4 nitrogen and oxygen atoms in total. The van der Waals surface area contributed by atoms with Gasteiger partial charge in [-0.1, -0.05) is 0 Å². The van der Waals surface area contributed by atoms with Crippen LogP contribution in [-0.2, 0) is 6.42 Å². The van der Waals surface area contributed by atoms with Crippen LogP contribution in [0.5, 0.6) is 0 Å². The normalized spacial score (nSPS) is 10.0. The lowest BCUT2D eigenvalue weighted by Crippen LogP contribution is -2.05. The molecule has 13 heavy (non-hydrogen) atoms. The summed E-state index contributed by atoms with van der Waals surface area (Å²) < 4.78 is 12.7. The van der Waals surface area contributed by atoms with Gasteiger partial charge in [-0.2, -0.15) is 0 Å². The predicted molar refractivity (Wildman–Crippen MR) is 45.8 cm³/mol. The van der Waals surface area contributed by atoms with E-state index in [0.29, 0.717) is 12.0 Å². The molecular formula is C8H9FN2O2. The summed E-state index contributed by atoms with van der Waals surface area (Å²) in [6, 6.07) is 3.36. The number of hydrogen-bond acceptors (Lipinski definition) is 3. The molecule has 0 radical (unpaired) electrons. The third-order valence-corrected chi connectivity index (χ3v) is 1.65. The Morgan fingerprint density at radius 1 is 1.54 bits per heavy atom. The van der Waals surface area contributed by atoms with Crippen molar-refractivity contribution in [3.63, 3.8) is 0 Å². The van der Waals surface area contributed by atoms with Crippen LogP contribution in [-0.4, -0.2) is 11.5 Å². The van der Waals surface area contributed by atoms with Gasteiger partial charge in [0, 0.05) is 11.6 Å². The molecule has 1 aromatic rings. The van der Waals surface area contributed by atoms with Crippen LogP contribution in [0.2, 0.25) is 0 Å². The Balaban J connectivity index is 3.10. The summed E-state index contributed by atoms with van der Waals surface area (Å²) in [6.45, 7) is 0.268. The second kappa shape index (κ2) is 3.95. The largest absolute Gasteiger partial charge is 0.330 e. The van der Waals surface area contributed by atoms with Gasteiger partial charge < -0.3 is 5.73 Å². The van der Waals surface area contributed by atoms with E-state index in [9.17, 15) is 14.5 Å². The number of halogens is 1. The molecule has 2 N–H and O–H groups in total. The number of rotatable bonds is 3. The smallest absolute Gasteiger partial charge is 0.272 e. The van der Waals surface area contributed by atoms with Crippen molar-refractivity contribution in [1.82, 2.24) is 0 Å². The molecule has 0 atom stereocenters. The highest BCUT2D eigenvalue weighted by molar-refractivity contribution is 5.40. The third-order valence-electron chi connectivity index (χ3n) is 1.65. The van der Waals surface area contributed by atoms with Gasteiger partial charge in [-0.15, -0.1) is 0 Å². The van der Waals surface area contributed by atoms with Crippen molar-refractivity contribution < 1.29 is 9.31 Å². The summed E-state index contributed by atoms with van der Waals surface area (Å²) in [5.74, 6) is -0.478. The molecule has 1 aromatic carbocycles. The highest BCUT2D eigenvalue weighted by atomic mass is 19.1. The molecular weight excluding hydrogens is 175 g/mol. The first kappa shape index (κ1) is 9.60. The van der Waals surface area contributed by atoms with Crippen LogP contribution >= 0.6 is 0 Å². The molecule has 0 aromatic heterocycles. The van der Waals surface area contributed by atoms with E-state index >= 15 is 0 Å². The topological polar surface area (TPSA) is 69.2 Å². The zero-order valence-electron chi connectivity index (χ0n) is 6.87. The zero-order valence-corrected chi connectivity index (χ0v) is 6.87. The van der Waals surface area contributed by atoms with E-state index < -0.39 is 10.7 Å². The van der Waals surface area contributed by atoms with Crippen molar-refractivity contribution in [2.75, 3.05) is 6.54 Å². The van der Waals surface area contributed by atoms with E-state index in [1.165, 1.54) is 0 Å². The van der Waals surface area contributed by atoms with Gasteiger partial charge in [0.15, 0.2) is 0 Å². The lowest BCUT2D eigenvalue weighted by atomic mass is 10.1. The fraction of sp³-hybridized carbons (Fsp3) is 0.250. The summed E-state index contributed by atoms with van der Waals surface area (Å²) in [5.41, 5.74) is 5.50. The third kappa shape index (κ3) is 2.22. The molecule has 0 aliphatic carbocycles. The Morgan fingerprint density at radius 3 is 2.77 bits per heavy atom. The summed E-state index contributed by atoms with van der Waals surface area (Å²) in [5, 5.41) is 10.5. The molecule has 0 amide bonds. The quantitative estimate of drug-likeness (QED) is 0.567. The van der Waals surface area contributed by atoms with Gasteiger partial charge in [-0.05, 0) is 25.1 Å². The van der Waals surface area contributed by atoms with E-state index in [0.717, 1.165) is 18.2 Å². The average Bonchev–Trinajstić information content (AvgIpc) is 2.04. The van der Waals surface area contributed by atoms with E-state index in [4.69, 9.17) is 5.73 Å². The molecule has 0 fully saturated rings. The molecule has 1 rings (SSSR count). The van der Waals surface area contributed by atoms with Crippen LogP contribution in [0.3, 0.4) is 0 Å². The Hall–Kier alpha value is -1.49. The molecule has 5 heteroatoms. The first-order valence-corrected chi connectivity index (χ1v) is 3.78. The van der Waals surface area contributed by atoms with E-state index in [2.05, 4.69) is 0 Å². The predicted octanol–water partition coefficient (Wildman–Crippen LogP) is 1.24. The Morgan fingerprint density at radius 2 is 2.23 bits per heavy atom. The highest BCUT2D eigenvalue weighted by Gasteiger charge is 2.12. The zero-order chi connectivity index (χ0) is 9.84. The summed E-state index contributed by atoms with van der Waals surface area (Å²) in [7, 11) is 0. The fourth-order valence-corrected chi connectivity index (χ4v) is 1.09. The van der Waals surface area contributed by atoms with Crippen LogP contribution in [0.1, 0.15) is 5.56 Å². The lowest BCUT2D eigenvalue weighted by molar-refractivity contribution is -0.385. The first-order valence-electron chi connectivity index (χ1n) is 3.78. The van der Waals surface area contributed by atoms with Crippen LogP contribution in [0, 0.1) is 15.9 Å². The molecule has 0 unspecified atom stereocenters. The molecule has 0 aliphatic heterocycles. The second-order valence-corrected chi connectivity index (χ2v) is 2.57. The van der Waals surface area contributed by atoms with Crippen molar-refractivity contribution in [1.29, 1.82) is 0 Å². The van der Waals surface area contributed by atoms with Crippen LogP contribution in [0.25, 0.3) is 0 Å². The van der Waals surface area contributed by atoms with Crippen molar-refractivity contribution in [3.8, 4) is 0 Å². The van der Waals surface area contributed by atoms with Gasteiger partial charge in [0.2, 0.25) is 0 Å². The maximum Gasteiger partial charge on any atom is 0.272 e. The average molecular weight is 184 g/mol. The summed E-state index contributed by atoms with van der Waals surface area (Å²) in [4.78, 5) is 9.91. The number of nitro benzene ring substituents is 1. The number of nitro groups is 1. The molecule has 0 aliphatic rings. The van der Waals surface area contributed by atoms with Gasteiger partial charge >= 0.3 is 0 Å². The van der Waals surface area contributed by atoms with E-state index in [1.54, 1.807) is 0 Å². The SMILES string of the molecule is NCCc1cc(F)ccc1[N+](=O)[O-]. The number of nitrogens with two attached hydrogens (primary N) is 1. The highest BCUT2D eigenvalue weighted by Crippen LogP contribution is 2.19. The van der Waals surface area contributed by atoms with Crippen LogP contribution < -0.4 is 5.73 Å². The standard InChI is InChI=1S/C8H9FN2O2/c9-7-1-2-8(11(12)13)6(5-7)3-4-10/h1-2,5H,3-4,10H2. The molecule has 0 bridgehead atoms. The number of hydrogen-bond donors (Lipinski definition) is 1. The lowest BCUT2D eigenvalue weighted by Gasteiger charge is -2.00. The Kier molecular flexibility index (Phi) is 2.92. The molecule has 0 saturated carbocycles. The van der Waals surface area contributed by atoms with Crippen molar-refractivity contribution >= 4 is 5.69 Å². The second-order valence-electron chi connectivity index (χ2n) is 2.57. The Labute approximate surface area is 74.3 Å². The van der Waals surface area contributed by atoms with Gasteiger partial charge in [0.25, 0.3) is 5.69 Å². The summed E-state index contributed by atoms with van der Waals surface area (Å²) in [6.07, 6.45) is 0.314. The fourth-order valence-electron chi connectivity index (χ4n) is 1.09. The first-order chi connectivity index (χ1) is 6.15. The molecule has 0 saturated heterocycles. The van der Waals surface area contributed by atoms with Crippen molar-refractivity contribution in [2.24, 2.45) is 5.73 Å². The van der Waals surface area contributed by atoms with Gasteiger partial charge in [0.1, 0.15) is 5.82 Å². The van der Waals surface area contributed by atoms with Gasteiger partial charge in [0.05, 0.1) is 4.92 Å². The van der Waals surface area contributed by atoms with Crippen molar-refractivity contribution in [2.45, 2.75) is 6.42 Å². The van der Waals surface area contributed by atoms with E-state index in [1.807, 2.05) is 0 Å². The summed E-state index contributed by atoms with van der Waals surface area (Å²) >= 11 is 0. The maximum absolute atomic E-state index is 12.7. The maximum atomic E-state index is 12.7. The minimum Gasteiger partial charge on any atom is -0.330 e. The van der Waals surface area contributed by atoms with Gasteiger partial charge in [-0.25, -0.2) is 4.39 Å². The van der Waals surface area contributed by atoms with Gasteiger partial charge in [-0.3, -0.25) is 10.1 Å². The Bertz CT molecular complexity index is 328. The molecule has 0 spiro atoms. The monoisotopic (exact) mass is 184 g/mol. The molecule has 70 valence electrons. The van der Waals surface area contributed by atoms with Crippen LogP contribution in [0.4, 0.5) is 10.1 Å². The number of nitrogens with zero attached hydrogens (tertiary/aromatic N) is 1. The molecule has 0 heterocycles. The van der Waals surface area contributed by atoms with Crippen molar-refractivity contribution in [3.05, 3.63) is 39.7 Å². The number of benzene rings is 1. The minimum absolute atomic E-state index is 0.0770.